The van der Waals surface area contributed by atoms with Crippen LogP contribution in [0.3, 0.4) is 0 Å². The average Bonchev–Trinajstić information content (AvgIpc) is 3.35. The van der Waals surface area contributed by atoms with Crippen LogP contribution in [0.2, 0.25) is 0 Å². The van der Waals surface area contributed by atoms with E-state index >= 15 is 0 Å². The van der Waals surface area contributed by atoms with Gasteiger partial charge in [-0.2, -0.15) is 29.0 Å². The summed E-state index contributed by atoms with van der Waals surface area (Å²) >= 11 is 0. The predicted octanol–water partition coefficient (Wildman–Crippen LogP) is 5.93. The van der Waals surface area contributed by atoms with Gasteiger partial charge in [0, 0.05) is 29.5 Å². The molecule has 1 fully saturated rings. The number of amides is 4. The maximum absolute atomic E-state index is 14.3. The third-order valence-electron chi connectivity index (χ3n) is 7.92. The van der Waals surface area contributed by atoms with E-state index in [2.05, 4.69) is 5.32 Å². The van der Waals surface area contributed by atoms with E-state index in [0.717, 1.165) is 29.4 Å². The van der Waals surface area contributed by atoms with E-state index in [4.69, 9.17) is 0 Å². The fourth-order valence-corrected chi connectivity index (χ4v) is 6.92. The van der Waals surface area contributed by atoms with Gasteiger partial charge in [-0.05, 0) is 62.4 Å². The molecule has 4 N–H and O–H groups in total. The number of alkyl halides is 3. The Bertz CT molecular complexity index is 1560. The molecule has 0 spiro atoms. The number of aliphatic hydroxyl groups excluding tert-OH is 1. The molecule has 2 aliphatic carbocycles. The van der Waals surface area contributed by atoms with E-state index in [1.165, 1.54) is 24.3 Å². The van der Waals surface area contributed by atoms with E-state index in [1.807, 2.05) is 6.07 Å². The fourth-order valence-electron chi connectivity index (χ4n) is 5.94. The first-order valence-corrected chi connectivity index (χ1v) is 15.5. The van der Waals surface area contributed by atoms with Gasteiger partial charge in [0.15, 0.2) is 5.78 Å². The van der Waals surface area contributed by atoms with Crippen molar-refractivity contribution in [2.45, 2.75) is 67.8 Å². The highest BCUT2D eigenvalue weighted by Gasteiger charge is 2.49. The lowest BCUT2D eigenvalue weighted by Gasteiger charge is -2.45. The predicted molar refractivity (Wildman–Crippen MR) is 150 cm³/mol. The Morgan fingerprint density at radius 1 is 1.09 bits per heavy atom. The zero-order valence-electron chi connectivity index (χ0n) is 23.0. The van der Waals surface area contributed by atoms with Gasteiger partial charge in [-0.15, -0.1) is 0 Å². The summed E-state index contributed by atoms with van der Waals surface area (Å²) in [4.78, 5) is 43.3. The second-order valence-electron chi connectivity index (χ2n) is 10.8. The Morgan fingerprint density at radius 3 is 2.47 bits per heavy atom. The van der Waals surface area contributed by atoms with Crippen molar-refractivity contribution in [2.24, 2.45) is 0 Å². The lowest BCUT2D eigenvalue weighted by molar-refractivity contribution is -0.137. The van der Waals surface area contributed by atoms with Crippen molar-refractivity contribution in [1.82, 2.24) is 10.2 Å². The molecule has 2 aromatic carbocycles. The van der Waals surface area contributed by atoms with Crippen LogP contribution in [0.1, 0.15) is 61.3 Å². The number of allylic oxidation sites excluding steroid dienone is 1. The molecule has 1 unspecified atom stereocenters. The minimum absolute atomic E-state index is 0.00316. The summed E-state index contributed by atoms with van der Waals surface area (Å²) in [6.45, 7) is 0. The summed E-state index contributed by atoms with van der Waals surface area (Å²) in [5.41, 5.74) is -1.15. The fraction of sp³-hybridized carbons (Fsp3) is 0.379. The van der Waals surface area contributed by atoms with Gasteiger partial charge in [-0.25, -0.2) is 14.5 Å². The van der Waals surface area contributed by atoms with Crippen LogP contribution < -0.4 is 10.2 Å². The van der Waals surface area contributed by atoms with Crippen LogP contribution in [0.4, 0.5) is 28.4 Å². The number of imide groups is 1. The molecule has 3 atom stereocenters. The van der Waals surface area contributed by atoms with E-state index in [9.17, 15) is 47.0 Å². The minimum Gasteiger partial charge on any atom is -0.391 e. The molecular weight excluding hydrogens is 589 g/mol. The highest BCUT2D eigenvalue weighted by atomic mass is 32.3. The number of benzene rings is 2. The molecule has 3 aliphatic rings. The van der Waals surface area contributed by atoms with Crippen LogP contribution in [0.25, 0.3) is 0 Å². The van der Waals surface area contributed by atoms with Crippen molar-refractivity contribution in [1.29, 1.82) is 5.26 Å². The summed E-state index contributed by atoms with van der Waals surface area (Å²) in [6.07, 6.45) is -2.70. The molecule has 0 bridgehead atoms. The summed E-state index contributed by atoms with van der Waals surface area (Å²) in [7, 11) is -3.59. The SMILES string of the molecule is CS(O)(O)c1cc(C#N)ccc1[C@@H]1C2=C(CCCC2=O)N(c2cccc(C(F)(F)F)c2)C(=O)N1C(=O)NC1CCC[C@@H]1O. The lowest BCUT2D eigenvalue weighted by atomic mass is 9.83. The van der Waals surface area contributed by atoms with Crippen LogP contribution >= 0.6 is 10.6 Å². The zero-order valence-corrected chi connectivity index (χ0v) is 23.8. The maximum Gasteiger partial charge on any atom is 0.416 e. The van der Waals surface area contributed by atoms with E-state index in [-0.39, 0.29) is 52.2 Å². The standard InChI is InChI=1S/C29H29F3N4O6S/c1-43(41,42)24-13-16(15-33)11-12-19(24)26-25-21(8-4-10-23(25)38)35(18-6-2-5-17(14-18)29(30,31)32)28(40)36(26)27(39)34-20-7-3-9-22(20)37/h2,5-6,11-14,20,22,26,37,41-42H,3-4,7-10H2,1H3,(H,34,39)/t20?,22-,26+/m0/s1. The quantitative estimate of drug-likeness (QED) is 0.331. The van der Waals surface area contributed by atoms with Crippen LogP contribution in [0.5, 0.6) is 0 Å². The summed E-state index contributed by atoms with van der Waals surface area (Å²) < 4.78 is 62.5. The van der Waals surface area contributed by atoms with Gasteiger partial charge in [0.2, 0.25) is 0 Å². The Balaban J connectivity index is 1.77. The van der Waals surface area contributed by atoms with Crippen LogP contribution in [0, 0.1) is 11.3 Å². The molecule has 2 aromatic rings. The lowest BCUT2D eigenvalue weighted by Crippen LogP contribution is -2.58. The molecule has 228 valence electrons. The van der Waals surface area contributed by atoms with Crippen molar-refractivity contribution in [2.75, 3.05) is 11.2 Å². The summed E-state index contributed by atoms with van der Waals surface area (Å²) in [6, 6.07) is 5.46. The highest BCUT2D eigenvalue weighted by molar-refractivity contribution is 8.23. The number of rotatable bonds is 4. The summed E-state index contributed by atoms with van der Waals surface area (Å²) in [5.74, 6) is -0.475. The summed E-state index contributed by atoms with van der Waals surface area (Å²) in [5, 5.41) is 22.5. The zero-order chi connectivity index (χ0) is 31.3. The minimum atomic E-state index is -4.74. The Kier molecular flexibility index (Phi) is 8.03. The van der Waals surface area contributed by atoms with Crippen LogP contribution in [-0.2, 0) is 11.0 Å². The normalized spacial score (nSPS) is 23.3. The molecule has 0 saturated heterocycles. The number of hydrogen-bond donors (Lipinski definition) is 4. The van der Waals surface area contributed by atoms with Crippen LogP contribution in [0.15, 0.2) is 58.6 Å². The molecule has 1 aliphatic heterocycles. The number of carbonyl (C=O) groups excluding carboxylic acids is 3. The highest BCUT2D eigenvalue weighted by Crippen LogP contribution is 2.52. The molecule has 0 aromatic heterocycles. The van der Waals surface area contributed by atoms with Crippen molar-refractivity contribution >= 4 is 34.1 Å². The third kappa shape index (κ3) is 5.73. The monoisotopic (exact) mass is 618 g/mol. The van der Waals surface area contributed by atoms with Gasteiger partial charge in [-0.1, -0.05) is 12.1 Å². The number of ketones is 1. The van der Waals surface area contributed by atoms with Gasteiger partial charge in [0.05, 0.1) is 39.9 Å². The number of halogens is 3. The Hall–Kier alpha value is -3.90. The molecule has 1 heterocycles. The van der Waals surface area contributed by atoms with Crippen LogP contribution in [-0.4, -0.2) is 55.4 Å². The van der Waals surface area contributed by atoms with Gasteiger partial charge >= 0.3 is 18.2 Å². The van der Waals surface area contributed by atoms with Crippen molar-refractivity contribution in [3.8, 4) is 6.07 Å². The first kappa shape index (κ1) is 30.6. The second kappa shape index (κ2) is 11.3. The smallest absolute Gasteiger partial charge is 0.391 e. The molecule has 10 nitrogen and oxygen atoms in total. The van der Waals surface area contributed by atoms with Gasteiger partial charge < -0.3 is 10.4 Å². The first-order valence-electron chi connectivity index (χ1n) is 13.5. The first-order chi connectivity index (χ1) is 20.2. The Morgan fingerprint density at radius 2 is 1.84 bits per heavy atom. The number of urea groups is 2. The van der Waals surface area contributed by atoms with Crippen molar-refractivity contribution in [3.05, 3.63) is 70.4 Å². The maximum atomic E-state index is 14.3. The number of carbonyl (C=O) groups is 3. The van der Waals surface area contributed by atoms with E-state index in [0.29, 0.717) is 24.2 Å². The molecular formula is C29H29F3N4O6S. The number of nitrogens with zero attached hydrogens (tertiary/aromatic N) is 3. The number of anilines is 1. The van der Waals surface area contributed by atoms with Gasteiger partial charge in [0.25, 0.3) is 0 Å². The number of Topliss-reactive ketones (excluding diaryl/α,β-unsaturated/α-hetero) is 1. The number of nitrogens with one attached hydrogen (secondary N) is 1. The van der Waals surface area contributed by atoms with E-state index < -0.39 is 58.4 Å². The average molecular weight is 619 g/mol. The number of aliphatic hydroxyl groups is 1. The van der Waals surface area contributed by atoms with Crippen molar-refractivity contribution in [3.63, 3.8) is 0 Å². The second-order valence-corrected chi connectivity index (χ2v) is 12.9. The molecule has 0 radical (unpaired) electrons. The molecule has 4 amide bonds. The van der Waals surface area contributed by atoms with Gasteiger partial charge in [-0.3, -0.25) is 18.8 Å². The number of nitriles is 1. The molecule has 14 heteroatoms. The van der Waals surface area contributed by atoms with E-state index in [1.54, 1.807) is 0 Å². The molecule has 5 rings (SSSR count). The Labute approximate surface area is 246 Å². The topological polar surface area (TPSA) is 154 Å². The number of hydrogen-bond acceptors (Lipinski definition) is 7. The largest absolute Gasteiger partial charge is 0.416 e. The third-order valence-corrected chi connectivity index (χ3v) is 9.11. The van der Waals surface area contributed by atoms with Gasteiger partial charge in [0.1, 0.15) is 6.04 Å². The molecule has 1 saturated carbocycles. The molecule has 43 heavy (non-hydrogen) atoms. The van der Waals surface area contributed by atoms with Crippen molar-refractivity contribution < 1.29 is 41.8 Å².